The van der Waals surface area contributed by atoms with Crippen LogP contribution in [-0.2, 0) is 4.79 Å². The largest absolute Gasteiger partial charge is 0.394 e. The molecule has 0 radical (unpaired) electrons. The Labute approximate surface area is 373 Å². The first-order valence-corrected chi connectivity index (χ1v) is 26.4. The number of amides is 1. The fraction of sp³-hybridized carbons (Fsp3) is 0.870. The third kappa shape index (κ3) is 41.9. The van der Waals surface area contributed by atoms with Gasteiger partial charge in [0.05, 0.1) is 18.8 Å². The Kier molecular flexibility index (Phi) is 47.4. The minimum atomic E-state index is -1.28. The number of aliphatic hydroxyl groups excluding tert-OH is 4. The number of aliphatic hydroxyl groups is 4. The lowest BCUT2D eigenvalue weighted by Gasteiger charge is -2.27. The second kappa shape index (κ2) is 48.6. The van der Waals surface area contributed by atoms with Crippen molar-refractivity contribution in [3.8, 4) is 0 Å². The summed E-state index contributed by atoms with van der Waals surface area (Å²) in [5.74, 6) is -0.596. The van der Waals surface area contributed by atoms with Gasteiger partial charge in [-0.25, -0.2) is 0 Å². The van der Waals surface area contributed by atoms with Gasteiger partial charge in [-0.1, -0.05) is 243 Å². The zero-order chi connectivity index (χ0) is 43.8. The smallest absolute Gasteiger partial charge is 0.249 e. The van der Waals surface area contributed by atoms with Crippen molar-refractivity contribution in [2.24, 2.45) is 0 Å². The van der Waals surface area contributed by atoms with E-state index in [2.05, 4.69) is 55.6 Å². The summed E-state index contributed by atoms with van der Waals surface area (Å²) in [6.07, 6.45) is 59.1. The van der Waals surface area contributed by atoms with Gasteiger partial charge in [0.25, 0.3) is 0 Å². The van der Waals surface area contributed by atoms with E-state index in [0.29, 0.717) is 12.8 Å². The van der Waals surface area contributed by atoms with E-state index in [9.17, 15) is 25.2 Å². The summed E-state index contributed by atoms with van der Waals surface area (Å²) < 4.78 is 0. The highest BCUT2D eigenvalue weighted by Gasteiger charge is 2.28. The van der Waals surface area contributed by atoms with E-state index >= 15 is 0 Å². The van der Waals surface area contributed by atoms with E-state index in [1.807, 2.05) is 0 Å². The van der Waals surface area contributed by atoms with Gasteiger partial charge in [0.1, 0.15) is 12.2 Å². The number of allylic oxidation sites excluding steroid dienone is 6. The van der Waals surface area contributed by atoms with Crippen molar-refractivity contribution >= 4 is 5.91 Å². The molecule has 0 rings (SSSR count). The molecule has 4 unspecified atom stereocenters. The molecule has 0 aliphatic rings. The molecule has 5 N–H and O–H groups in total. The number of unbranched alkanes of at least 4 members (excludes halogenated alkanes) is 34. The fourth-order valence-corrected chi connectivity index (χ4v) is 8.16. The first-order valence-electron chi connectivity index (χ1n) is 26.4. The zero-order valence-electron chi connectivity index (χ0n) is 40.0. The summed E-state index contributed by atoms with van der Waals surface area (Å²) >= 11 is 0. The number of hydrogen-bond acceptors (Lipinski definition) is 5. The molecule has 4 atom stereocenters. The van der Waals surface area contributed by atoms with E-state index in [0.717, 1.165) is 44.9 Å². The Balaban J connectivity index is 3.68. The molecule has 0 aromatic rings. The highest BCUT2D eigenvalue weighted by atomic mass is 16.3. The predicted octanol–water partition coefficient (Wildman–Crippen LogP) is 14.9. The molecule has 0 aromatic carbocycles. The number of carbonyl (C=O) groups is 1. The van der Waals surface area contributed by atoms with Crippen LogP contribution in [0.5, 0.6) is 0 Å². The molecule has 0 fully saturated rings. The van der Waals surface area contributed by atoms with Crippen LogP contribution in [0.25, 0.3) is 0 Å². The molecule has 0 aromatic heterocycles. The summed E-state index contributed by atoms with van der Waals surface area (Å²) in [5.41, 5.74) is 0. The summed E-state index contributed by atoms with van der Waals surface area (Å²) in [6, 6.07) is -1.00. The van der Waals surface area contributed by atoms with Gasteiger partial charge in [0.15, 0.2) is 0 Å². The van der Waals surface area contributed by atoms with Crippen LogP contribution in [0, 0.1) is 0 Å². The first-order chi connectivity index (χ1) is 29.5. The Hall–Kier alpha value is -1.47. The van der Waals surface area contributed by atoms with Crippen molar-refractivity contribution in [1.29, 1.82) is 0 Å². The van der Waals surface area contributed by atoms with Crippen molar-refractivity contribution in [2.45, 2.75) is 295 Å². The zero-order valence-corrected chi connectivity index (χ0v) is 40.0. The maximum atomic E-state index is 12.6. The Morgan fingerprint density at radius 3 is 1.13 bits per heavy atom. The average molecular weight is 846 g/mol. The van der Waals surface area contributed by atoms with Crippen molar-refractivity contribution in [3.05, 3.63) is 36.5 Å². The molecular formula is C54H103NO5. The molecule has 0 heterocycles. The second-order valence-corrected chi connectivity index (χ2v) is 18.2. The van der Waals surface area contributed by atoms with Crippen molar-refractivity contribution in [1.82, 2.24) is 5.32 Å². The van der Waals surface area contributed by atoms with Gasteiger partial charge in [0.2, 0.25) is 5.91 Å². The van der Waals surface area contributed by atoms with Crippen molar-refractivity contribution in [2.75, 3.05) is 6.61 Å². The number of hydrogen-bond donors (Lipinski definition) is 5. The maximum Gasteiger partial charge on any atom is 0.249 e. The van der Waals surface area contributed by atoms with Gasteiger partial charge >= 0.3 is 0 Å². The number of carbonyl (C=O) groups excluding carboxylic acids is 1. The maximum absolute atomic E-state index is 12.6. The summed E-state index contributed by atoms with van der Waals surface area (Å²) in [5, 5.41) is 43.9. The predicted molar refractivity (Wildman–Crippen MR) is 260 cm³/mol. The Bertz CT molecular complexity index is 950. The van der Waals surface area contributed by atoms with E-state index in [1.54, 1.807) is 0 Å². The van der Waals surface area contributed by atoms with Gasteiger partial charge in [-0.05, 0) is 64.2 Å². The van der Waals surface area contributed by atoms with Crippen LogP contribution in [-0.4, -0.2) is 57.3 Å². The monoisotopic (exact) mass is 846 g/mol. The third-order valence-electron chi connectivity index (χ3n) is 12.4. The van der Waals surface area contributed by atoms with Crippen molar-refractivity contribution in [3.63, 3.8) is 0 Å². The van der Waals surface area contributed by atoms with Crippen molar-refractivity contribution < 1.29 is 25.2 Å². The van der Waals surface area contributed by atoms with Crippen LogP contribution in [0.1, 0.15) is 271 Å². The van der Waals surface area contributed by atoms with Crippen LogP contribution >= 0.6 is 0 Å². The highest BCUT2D eigenvalue weighted by Crippen LogP contribution is 2.17. The summed E-state index contributed by atoms with van der Waals surface area (Å²) in [6.45, 7) is 4.03. The van der Waals surface area contributed by atoms with Gasteiger partial charge in [-0.15, -0.1) is 0 Å². The van der Waals surface area contributed by atoms with Crippen LogP contribution in [0.15, 0.2) is 36.5 Å². The normalized spacial score (nSPS) is 14.2. The minimum Gasteiger partial charge on any atom is -0.394 e. The molecule has 0 aliphatic heterocycles. The number of nitrogens with one attached hydrogen (secondary N) is 1. The Morgan fingerprint density at radius 2 is 0.733 bits per heavy atom. The number of rotatable bonds is 48. The quantitative estimate of drug-likeness (QED) is 0.0238. The van der Waals surface area contributed by atoms with E-state index in [1.165, 1.54) is 199 Å². The molecule has 0 aliphatic carbocycles. The van der Waals surface area contributed by atoms with Crippen LogP contribution in [0.4, 0.5) is 0 Å². The lowest BCUT2D eigenvalue weighted by Crippen LogP contribution is -2.53. The molecule has 0 saturated heterocycles. The van der Waals surface area contributed by atoms with E-state index < -0.39 is 36.9 Å². The molecule has 60 heavy (non-hydrogen) atoms. The summed E-state index contributed by atoms with van der Waals surface area (Å²) in [7, 11) is 0. The van der Waals surface area contributed by atoms with E-state index in [4.69, 9.17) is 0 Å². The second-order valence-electron chi connectivity index (χ2n) is 18.2. The van der Waals surface area contributed by atoms with Crippen LogP contribution < -0.4 is 5.32 Å². The molecule has 0 saturated carbocycles. The first kappa shape index (κ1) is 58.5. The molecule has 0 spiro atoms. The Morgan fingerprint density at radius 1 is 0.417 bits per heavy atom. The summed E-state index contributed by atoms with van der Waals surface area (Å²) in [4.78, 5) is 12.6. The fourth-order valence-electron chi connectivity index (χ4n) is 8.16. The lowest BCUT2D eigenvalue weighted by atomic mass is 10.00. The van der Waals surface area contributed by atoms with Gasteiger partial charge in [-0.3, -0.25) is 4.79 Å². The molecule has 6 nitrogen and oxygen atoms in total. The van der Waals surface area contributed by atoms with Gasteiger partial charge in [0, 0.05) is 0 Å². The van der Waals surface area contributed by atoms with Gasteiger partial charge < -0.3 is 25.7 Å². The van der Waals surface area contributed by atoms with Crippen LogP contribution in [0.2, 0.25) is 0 Å². The molecule has 0 bridgehead atoms. The van der Waals surface area contributed by atoms with E-state index in [-0.39, 0.29) is 0 Å². The van der Waals surface area contributed by atoms with Crippen LogP contribution in [0.3, 0.4) is 0 Å². The topological polar surface area (TPSA) is 110 Å². The highest BCUT2D eigenvalue weighted by molar-refractivity contribution is 5.80. The third-order valence-corrected chi connectivity index (χ3v) is 12.4. The lowest BCUT2D eigenvalue weighted by molar-refractivity contribution is -0.132. The van der Waals surface area contributed by atoms with Gasteiger partial charge in [-0.2, -0.15) is 0 Å². The standard InChI is InChI=1S/C54H103NO5/c1-3-5-7-9-11-13-15-17-19-21-23-24-25-26-27-28-29-30-32-33-35-37-39-41-43-45-47-51(57)53(59)50(49-56)55-54(60)52(58)48-46-44-42-40-38-36-34-31-22-20-18-16-14-12-10-8-6-4-2/h12,14,16,18,39,41,50-53,56-59H,3-11,13,15,17,19-38,40,42-49H2,1-2H3,(H,55,60)/b14-12-,18-16-,41-39+. The SMILES string of the molecule is CCCCC/C=C\C=C/CCCCCCCCCCCC(O)C(=O)NC(CO)C(O)C(O)CCC/C=C/CCCCCCCCCCCCCCCCCCCCCCC. The average Bonchev–Trinajstić information content (AvgIpc) is 3.25. The molecule has 1 amide bonds. The molecular weight excluding hydrogens is 743 g/mol. The minimum absolute atomic E-state index is 0.357. The molecule has 6 heteroatoms. The molecule has 354 valence electrons.